The predicted octanol–water partition coefficient (Wildman–Crippen LogP) is 1.76. The Morgan fingerprint density at radius 2 is 2.21 bits per heavy atom. The molecule has 0 saturated carbocycles. The molecule has 19 heavy (non-hydrogen) atoms. The highest BCUT2D eigenvalue weighted by atomic mass is 16.2. The number of piperidine rings is 1. The number of aryl methyl sites for hydroxylation is 2. The lowest BCUT2D eigenvalue weighted by Crippen LogP contribution is -2.45. The number of aromatic nitrogens is 1. The highest BCUT2D eigenvalue weighted by molar-refractivity contribution is 5.95. The number of nitrogens with zero attached hydrogens (tertiary/aromatic N) is 2. The Hall–Kier alpha value is -1.42. The second-order valence-electron chi connectivity index (χ2n) is 5.60. The van der Waals surface area contributed by atoms with Gasteiger partial charge in [0, 0.05) is 18.8 Å². The number of amides is 1. The van der Waals surface area contributed by atoms with Gasteiger partial charge in [0.25, 0.3) is 5.91 Å². The quantitative estimate of drug-likeness (QED) is 0.882. The first-order valence-electron chi connectivity index (χ1n) is 6.96. The Morgan fingerprint density at radius 3 is 2.84 bits per heavy atom. The maximum absolute atomic E-state index is 12.5. The molecule has 1 aliphatic rings. The van der Waals surface area contributed by atoms with Crippen molar-refractivity contribution in [1.29, 1.82) is 0 Å². The fourth-order valence-corrected chi connectivity index (χ4v) is 2.72. The summed E-state index contributed by atoms with van der Waals surface area (Å²) in [6.45, 7) is 8.29. The molecule has 0 bridgehead atoms. The normalized spacial score (nSPS) is 23.5. The maximum Gasteiger partial charge on any atom is 0.255 e. The van der Waals surface area contributed by atoms with Crippen LogP contribution in [0.3, 0.4) is 0 Å². The summed E-state index contributed by atoms with van der Waals surface area (Å²) in [4.78, 5) is 18.8. The first-order chi connectivity index (χ1) is 9.02. The molecular formula is C15H23N3O. The Labute approximate surface area is 115 Å². The van der Waals surface area contributed by atoms with Crippen LogP contribution in [0.4, 0.5) is 0 Å². The summed E-state index contributed by atoms with van der Waals surface area (Å²) in [6.07, 6.45) is 1.03. The smallest absolute Gasteiger partial charge is 0.255 e. The van der Waals surface area contributed by atoms with Gasteiger partial charge in [-0.25, -0.2) is 0 Å². The molecule has 2 heterocycles. The van der Waals surface area contributed by atoms with Crippen LogP contribution >= 0.6 is 0 Å². The summed E-state index contributed by atoms with van der Waals surface area (Å²) in [5.41, 5.74) is 8.27. The van der Waals surface area contributed by atoms with Gasteiger partial charge in [-0.2, -0.15) is 0 Å². The van der Waals surface area contributed by atoms with E-state index in [9.17, 15) is 4.79 Å². The number of likely N-dealkylation sites (tertiary alicyclic amines) is 1. The van der Waals surface area contributed by atoms with Gasteiger partial charge in [-0.05, 0) is 50.8 Å². The van der Waals surface area contributed by atoms with E-state index in [1.54, 1.807) is 0 Å². The Balaban J connectivity index is 2.15. The number of carbonyl (C=O) groups excluding carboxylic acids is 1. The van der Waals surface area contributed by atoms with Crippen LogP contribution in [0.2, 0.25) is 0 Å². The number of hydrogen-bond donors (Lipinski definition) is 1. The first-order valence-corrected chi connectivity index (χ1v) is 6.96. The van der Waals surface area contributed by atoms with Gasteiger partial charge >= 0.3 is 0 Å². The second-order valence-corrected chi connectivity index (χ2v) is 5.60. The lowest BCUT2D eigenvalue weighted by Gasteiger charge is -2.36. The van der Waals surface area contributed by atoms with E-state index in [0.717, 1.165) is 36.5 Å². The molecule has 1 aromatic heterocycles. The average Bonchev–Trinajstić information content (AvgIpc) is 2.38. The Kier molecular flexibility index (Phi) is 4.20. The molecule has 2 rings (SSSR count). The third-order valence-corrected chi connectivity index (χ3v) is 4.16. The summed E-state index contributed by atoms with van der Waals surface area (Å²) in [5.74, 6) is 1.11. The summed E-state index contributed by atoms with van der Waals surface area (Å²) >= 11 is 0. The molecule has 4 nitrogen and oxygen atoms in total. The molecule has 0 radical (unpaired) electrons. The molecule has 1 saturated heterocycles. The molecule has 2 N–H and O–H groups in total. The molecule has 0 aliphatic carbocycles. The molecule has 1 amide bonds. The highest BCUT2D eigenvalue weighted by Gasteiger charge is 2.29. The van der Waals surface area contributed by atoms with Crippen molar-refractivity contribution in [1.82, 2.24) is 9.88 Å². The van der Waals surface area contributed by atoms with Crippen LogP contribution in [-0.2, 0) is 0 Å². The van der Waals surface area contributed by atoms with E-state index in [4.69, 9.17) is 5.73 Å². The van der Waals surface area contributed by atoms with Crippen LogP contribution in [-0.4, -0.2) is 35.4 Å². The van der Waals surface area contributed by atoms with Crippen molar-refractivity contribution in [3.05, 3.63) is 29.1 Å². The molecule has 1 aliphatic heterocycles. The predicted molar refractivity (Wildman–Crippen MR) is 75.9 cm³/mol. The standard InChI is InChI=1S/C15H23N3O/c1-10-6-7-18(9-13(10)8-16)15(19)14-5-4-11(2)17-12(14)3/h4-5,10,13H,6-9,16H2,1-3H3. The van der Waals surface area contributed by atoms with Crippen molar-refractivity contribution in [3.8, 4) is 0 Å². The lowest BCUT2D eigenvalue weighted by atomic mass is 9.87. The molecule has 1 fully saturated rings. The molecule has 104 valence electrons. The number of carbonyl (C=O) groups is 1. The molecule has 2 atom stereocenters. The van der Waals surface area contributed by atoms with Gasteiger partial charge in [0.2, 0.25) is 0 Å². The molecule has 1 aromatic rings. The number of pyridine rings is 1. The minimum atomic E-state index is 0.0929. The van der Waals surface area contributed by atoms with Crippen LogP contribution in [0.1, 0.15) is 35.1 Å². The van der Waals surface area contributed by atoms with Crippen molar-refractivity contribution in [2.45, 2.75) is 27.2 Å². The molecule has 2 unspecified atom stereocenters. The minimum Gasteiger partial charge on any atom is -0.338 e. The largest absolute Gasteiger partial charge is 0.338 e. The SMILES string of the molecule is Cc1ccc(C(=O)N2CCC(C)C(CN)C2)c(C)n1. The zero-order valence-electron chi connectivity index (χ0n) is 12.0. The van der Waals surface area contributed by atoms with Gasteiger partial charge in [-0.1, -0.05) is 6.92 Å². The van der Waals surface area contributed by atoms with Crippen LogP contribution in [0.25, 0.3) is 0 Å². The zero-order valence-corrected chi connectivity index (χ0v) is 12.0. The van der Waals surface area contributed by atoms with Crippen molar-refractivity contribution in [2.75, 3.05) is 19.6 Å². The van der Waals surface area contributed by atoms with Crippen molar-refractivity contribution < 1.29 is 4.79 Å². The Bertz CT molecular complexity index is 472. The van der Waals surface area contributed by atoms with Gasteiger partial charge in [-0.15, -0.1) is 0 Å². The molecular weight excluding hydrogens is 238 g/mol. The molecule has 0 spiro atoms. The van der Waals surface area contributed by atoms with E-state index in [2.05, 4.69) is 11.9 Å². The molecule has 4 heteroatoms. The van der Waals surface area contributed by atoms with E-state index in [1.807, 2.05) is 30.9 Å². The number of nitrogens with two attached hydrogens (primary N) is 1. The van der Waals surface area contributed by atoms with E-state index in [1.165, 1.54) is 0 Å². The monoisotopic (exact) mass is 261 g/mol. The van der Waals surface area contributed by atoms with Gasteiger partial charge in [0.15, 0.2) is 0 Å². The summed E-state index contributed by atoms with van der Waals surface area (Å²) in [6, 6.07) is 3.78. The first kappa shape index (κ1) is 14.0. The van der Waals surface area contributed by atoms with Crippen molar-refractivity contribution in [2.24, 2.45) is 17.6 Å². The minimum absolute atomic E-state index is 0.0929. The van der Waals surface area contributed by atoms with Crippen LogP contribution < -0.4 is 5.73 Å². The van der Waals surface area contributed by atoms with Crippen molar-refractivity contribution >= 4 is 5.91 Å². The number of rotatable bonds is 2. The highest BCUT2D eigenvalue weighted by Crippen LogP contribution is 2.24. The van der Waals surface area contributed by atoms with E-state index >= 15 is 0 Å². The third-order valence-electron chi connectivity index (χ3n) is 4.16. The topological polar surface area (TPSA) is 59.2 Å². The van der Waals surface area contributed by atoms with Crippen LogP contribution in [0, 0.1) is 25.7 Å². The summed E-state index contributed by atoms with van der Waals surface area (Å²) < 4.78 is 0. The zero-order chi connectivity index (χ0) is 14.0. The fraction of sp³-hybridized carbons (Fsp3) is 0.600. The summed E-state index contributed by atoms with van der Waals surface area (Å²) in [7, 11) is 0. The van der Waals surface area contributed by atoms with Gasteiger partial charge in [0.05, 0.1) is 11.3 Å². The van der Waals surface area contributed by atoms with E-state index < -0.39 is 0 Å². The second kappa shape index (κ2) is 5.70. The van der Waals surface area contributed by atoms with Gasteiger partial charge in [-0.3, -0.25) is 9.78 Å². The van der Waals surface area contributed by atoms with Crippen molar-refractivity contribution in [3.63, 3.8) is 0 Å². The van der Waals surface area contributed by atoms with E-state index in [-0.39, 0.29) is 5.91 Å². The summed E-state index contributed by atoms with van der Waals surface area (Å²) in [5, 5.41) is 0. The van der Waals surface area contributed by atoms with Crippen LogP contribution in [0.5, 0.6) is 0 Å². The third kappa shape index (κ3) is 2.95. The maximum atomic E-state index is 12.5. The molecule has 0 aromatic carbocycles. The number of hydrogen-bond acceptors (Lipinski definition) is 3. The van der Waals surface area contributed by atoms with E-state index in [0.29, 0.717) is 18.4 Å². The van der Waals surface area contributed by atoms with Gasteiger partial charge < -0.3 is 10.6 Å². The van der Waals surface area contributed by atoms with Crippen LogP contribution in [0.15, 0.2) is 12.1 Å². The average molecular weight is 261 g/mol. The fourth-order valence-electron chi connectivity index (χ4n) is 2.72. The Morgan fingerprint density at radius 1 is 1.47 bits per heavy atom. The van der Waals surface area contributed by atoms with Gasteiger partial charge in [0.1, 0.15) is 0 Å². The lowest BCUT2D eigenvalue weighted by molar-refractivity contribution is 0.0617.